The second kappa shape index (κ2) is 4.41. The van der Waals surface area contributed by atoms with Crippen LogP contribution in [0.15, 0.2) is 12.1 Å². The second-order valence-corrected chi connectivity index (χ2v) is 6.41. The molecule has 0 bridgehead atoms. The van der Waals surface area contributed by atoms with E-state index in [0.29, 0.717) is 12.0 Å². The van der Waals surface area contributed by atoms with Crippen molar-refractivity contribution in [3.8, 4) is 11.5 Å². The van der Waals surface area contributed by atoms with Crippen molar-refractivity contribution in [3.63, 3.8) is 0 Å². The summed E-state index contributed by atoms with van der Waals surface area (Å²) >= 11 is 0. The molecular weight excluding hydrogens is 238 g/mol. The van der Waals surface area contributed by atoms with Gasteiger partial charge in [0.05, 0.1) is 0 Å². The molecule has 1 aromatic carbocycles. The lowest BCUT2D eigenvalue weighted by Gasteiger charge is -2.50. The van der Waals surface area contributed by atoms with Gasteiger partial charge in [0.2, 0.25) is 0 Å². The standard InChI is InChI=1S/C16H23NO2/c1-10(2)17-9-13-11-7-14(18)15(19)8-12(11)16(13)5-3-4-6-16/h7-8,10,13,17-19H,3-6,9H2,1-2H3. The first kappa shape index (κ1) is 12.8. The smallest absolute Gasteiger partial charge is 0.157 e. The van der Waals surface area contributed by atoms with Crippen molar-refractivity contribution in [2.45, 2.75) is 56.9 Å². The molecule has 19 heavy (non-hydrogen) atoms. The van der Waals surface area contributed by atoms with Gasteiger partial charge in [0.25, 0.3) is 0 Å². The summed E-state index contributed by atoms with van der Waals surface area (Å²) in [5.74, 6) is 0.528. The first-order valence-corrected chi connectivity index (χ1v) is 7.34. The van der Waals surface area contributed by atoms with Crippen LogP contribution in [0.25, 0.3) is 0 Å². The van der Waals surface area contributed by atoms with Crippen molar-refractivity contribution >= 4 is 0 Å². The Balaban J connectivity index is 1.95. The molecule has 104 valence electrons. The molecule has 2 aliphatic carbocycles. The molecule has 1 saturated carbocycles. The number of aromatic hydroxyl groups is 2. The topological polar surface area (TPSA) is 52.5 Å². The molecule has 3 heteroatoms. The van der Waals surface area contributed by atoms with E-state index in [9.17, 15) is 10.2 Å². The lowest BCUT2D eigenvalue weighted by Crippen LogP contribution is -2.47. The SMILES string of the molecule is CC(C)NCC1c2cc(O)c(O)cc2C12CCCC2. The monoisotopic (exact) mass is 261 g/mol. The average molecular weight is 261 g/mol. The van der Waals surface area contributed by atoms with E-state index in [-0.39, 0.29) is 16.9 Å². The zero-order valence-corrected chi connectivity index (χ0v) is 11.7. The highest BCUT2D eigenvalue weighted by Gasteiger charge is 2.52. The molecule has 0 aromatic heterocycles. The lowest BCUT2D eigenvalue weighted by atomic mass is 9.55. The maximum Gasteiger partial charge on any atom is 0.157 e. The summed E-state index contributed by atoms with van der Waals surface area (Å²) < 4.78 is 0. The predicted octanol–water partition coefficient (Wildman–Crippen LogP) is 3.00. The van der Waals surface area contributed by atoms with Gasteiger partial charge in [-0.3, -0.25) is 0 Å². The highest BCUT2D eigenvalue weighted by Crippen LogP contribution is 2.61. The number of hydrogen-bond donors (Lipinski definition) is 3. The molecule has 3 nitrogen and oxygen atoms in total. The van der Waals surface area contributed by atoms with Crippen molar-refractivity contribution in [1.29, 1.82) is 0 Å². The van der Waals surface area contributed by atoms with Gasteiger partial charge in [0.15, 0.2) is 11.5 Å². The molecule has 0 saturated heterocycles. The Labute approximate surface area is 114 Å². The largest absolute Gasteiger partial charge is 0.504 e. The minimum Gasteiger partial charge on any atom is -0.504 e. The maximum absolute atomic E-state index is 9.74. The van der Waals surface area contributed by atoms with Crippen LogP contribution in [0.4, 0.5) is 0 Å². The van der Waals surface area contributed by atoms with Crippen LogP contribution in [-0.4, -0.2) is 22.8 Å². The van der Waals surface area contributed by atoms with Gasteiger partial charge in [-0.05, 0) is 36.1 Å². The van der Waals surface area contributed by atoms with Crippen molar-refractivity contribution < 1.29 is 10.2 Å². The quantitative estimate of drug-likeness (QED) is 0.733. The molecule has 0 aliphatic heterocycles. The molecule has 0 heterocycles. The molecular formula is C16H23NO2. The zero-order chi connectivity index (χ0) is 13.6. The predicted molar refractivity (Wildman–Crippen MR) is 75.8 cm³/mol. The second-order valence-electron chi connectivity index (χ2n) is 6.41. The molecule has 1 fully saturated rings. The molecule has 3 rings (SSSR count). The Hall–Kier alpha value is -1.22. The lowest BCUT2D eigenvalue weighted by molar-refractivity contribution is 0.273. The summed E-state index contributed by atoms with van der Waals surface area (Å²) in [6, 6.07) is 4.04. The van der Waals surface area contributed by atoms with Crippen LogP contribution in [0.3, 0.4) is 0 Å². The van der Waals surface area contributed by atoms with Gasteiger partial charge >= 0.3 is 0 Å². The maximum atomic E-state index is 9.74. The van der Waals surface area contributed by atoms with Crippen LogP contribution < -0.4 is 5.32 Å². The Morgan fingerprint density at radius 3 is 2.47 bits per heavy atom. The van der Waals surface area contributed by atoms with Crippen LogP contribution in [-0.2, 0) is 5.41 Å². The van der Waals surface area contributed by atoms with Crippen LogP contribution in [0.2, 0.25) is 0 Å². The molecule has 3 N–H and O–H groups in total. The Bertz CT molecular complexity index is 490. The number of nitrogens with one attached hydrogen (secondary N) is 1. The number of benzene rings is 1. The fourth-order valence-electron chi connectivity index (χ4n) is 4.00. The van der Waals surface area contributed by atoms with Crippen molar-refractivity contribution in [1.82, 2.24) is 5.32 Å². The van der Waals surface area contributed by atoms with Crippen LogP contribution in [0.5, 0.6) is 11.5 Å². The Kier molecular flexibility index (Phi) is 2.97. The summed E-state index contributed by atoms with van der Waals surface area (Å²) in [7, 11) is 0. The third-order valence-corrected chi connectivity index (χ3v) is 4.95. The fourth-order valence-corrected chi connectivity index (χ4v) is 4.00. The third kappa shape index (κ3) is 1.83. The van der Waals surface area contributed by atoms with E-state index in [2.05, 4.69) is 19.2 Å². The van der Waals surface area contributed by atoms with E-state index in [1.165, 1.54) is 36.8 Å². The molecule has 1 aromatic rings. The van der Waals surface area contributed by atoms with E-state index < -0.39 is 0 Å². The number of hydrogen-bond acceptors (Lipinski definition) is 3. The number of phenols is 2. The summed E-state index contributed by atoms with van der Waals surface area (Å²) in [6.45, 7) is 5.29. The number of fused-ring (bicyclic) bond motifs is 2. The van der Waals surface area contributed by atoms with Gasteiger partial charge in [-0.2, -0.15) is 0 Å². The van der Waals surface area contributed by atoms with Crippen molar-refractivity contribution in [2.24, 2.45) is 0 Å². The van der Waals surface area contributed by atoms with Gasteiger partial charge in [-0.25, -0.2) is 0 Å². The summed E-state index contributed by atoms with van der Waals surface area (Å²) in [5, 5.41) is 23.0. The minimum absolute atomic E-state index is 0.0149. The summed E-state index contributed by atoms with van der Waals surface area (Å²) in [6.07, 6.45) is 4.99. The van der Waals surface area contributed by atoms with Crippen LogP contribution in [0.1, 0.15) is 56.6 Å². The Morgan fingerprint density at radius 2 is 1.84 bits per heavy atom. The first-order chi connectivity index (χ1) is 9.04. The molecule has 1 spiro atoms. The highest BCUT2D eigenvalue weighted by atomic mass is 16.3. The van der Waals surface area contributed by atoms with Crippen LogP contribution in [0, 0.1) is 0 Å². The summed E-state index contributed by atoms with van der Waals surface area (Å²) in [4.78, 5) is 0. The van der Waals surface area contributed by atoms with E-state index in [1.54, 1.807) is 12.1 Å². The average Bonchev–Trinajstić information content (AvgIpc) is 2.85. The van der Waals surface area contributed by atoms with E-state index in [0.717, 1.165) is 6.54 Å². The van der Waals surface area contributed by atoms with Gasteiger partial charge in [0, 0.05) is 23.9 Å². The van der Waals surface area contributed by atoms with E-state index >= 15 is 0 Å². The molecule has 0 amide bonds. The highest BCUT2D eigenvalue weighted by molar-refractivity contribution is 5.58. The first-order valence-electron chi connectivity index (χ1n) is 7.34. The van der Waals surface area contributed by atoms with Gasteiger partial charge < -0.3 is 15.5 Å². The van der Waals surface area contributed by atoms with E-state index in [4.69, 9.17) is 0 Å². The summed E-state index contributed by atoms with van der Waals surface area (Å²) in [5.41, 5.74) is 2.75. The van der Waals surface area contributed by atoms with Gasteiger partial charge in [-0.15, -0.1) is 0 Å². The van der Waals surface area contributed by atoms with Gasteiger partial charge in [-0.1, -0.05) is 26.7 Å². The van der Waals surface area contributed by atoms with Crippen molar-refractivity contribution in [2.75, 3.05) is 6.54 Å². The molecule has 1 atom stereocenters. The number of phenolic OH excluding ortho intramolecular Hbond substituents is 2. The Morgan fingerprint density at radius 1 is 1.21 bits per heavy atom. The zero-order valence-electron chi connectivity index (χ0n) is 11.7. The van der Waals surface area contributed by atoms with Crippen LogP contribution >= 0.6 is 0 Å². The number of rotatable bonds is 3. The third-order valence-electron chi connectivity index (χ3n) is 4.95. The fraction of sp³-hybridized carbons (Fsp3) is 0.625. The normalized spacial score (nSPS) is 23.6. The minimum atomic E-state index is 0.0149. The molecule has 1 unspecified atom stereocenters. The van der Waals surface area contributed by atoms with E-state index in [1.807, 2.05) is 0 Å². The molecule has 2 aliphatic rings. The molecule has 0 radical (unpaired) electrons. The van der Waals surface area contributed by atoms with Gasteiger partial charge in [0.1, 0.15) is 0 Å². The van der Waals surface area contributed by atoms with Crippen molar-refractivity contribution in [3.05, 3.63) is 23.3 Å².